The number of nitrogens with one attached hydrogen (secondary N) is 3. The summed E-state index contributed by atoms with van der Waals surface area (Å²) >= 11 is 3.26. The fraction of sp³-hybridized carbons (Fsp3) is 0.296. The van der Waals surface area contributed by atoms with Crippen molar-refractivity contribution in [2.45, 2.75) is 26.1 Å². The zero-order valence-electron chi connectivity index (χ0n) is 23.0. The van der Waals surface area contributed by atoms with Gasteiger partial charge in [0.2, 0.25) is 5.75 Å². The first-order valence-electron chi connectivity index (χ1n) is 12.5. The molecule has 1 heterocycles. The average Bonchev–Trinajstić information content (AvgIpc) is 2.95. The molecule has 42 heavy (non-hydrogen) atoms. The molecule has 224 valence electrons. The van der Waals surface area contributed by atoms with E-state index in [1.54, 1.807) is 38.1 Å². The molecule has 2 aromatic carbocycles. The first-order valence-corrected chi connectivity index (χ1v) is 13.3. The van der Waals surface area contributed by atoms with Crippen LogP contribution in [0.1, 0.15) is 31.0 Å². The predicted molar refractivity (Wildman–Crippen MR) is 155 cm³/mol. The molecule has 4 N–H and O–H groups in total. The van der Waals surface area contributed by atoms with Crippen molar-refractivity contribution in [3.63, 3.8) is 0 Å². The third-order valence-corrected chi connectivity index (χ3v) is 6.29. The first kappa shape index (κ1) is 31.9. The highest BCUT2D eigenvalue weighted by molar-refractivity contribution is 9.10. The van der Waals surface area contributed by atoms with E-state index >= 15 is 0 Å². The number of methoxy groups -OCH3 is 1. The molecule has 15 heteroatoms. The van der Waals surface area contributed by atoms with E-state index in [1.807, 2.05) is 0 Å². The second-order valence-electron chi connectivity index (χ2n) is 8.62. The zero-order chi connectivity index (χ0) is 30.8. The molecule has 3 rings (SSSR count). The van der Waals surface area contributed by atoms with Crippen molar-refractivity contribution in [3.8, 4) is 17.2 Å². The van der Waals surface area contributed by atoms with E-state index in [2.05, 4.69) is 43.7 Å². The van der Waals surface area contributed by atoms with Crippen LogP contribution in [0, 0.1) is 10.1 Å². The van der Waals surface area contributed by atoms with Crippen LogP contribution < -0.4 is 30.3 Å². The van der Waals surface area contributed by atoms with Crippen LogP contribution in [0.25, 0.3) is 0 Å². The summed E-state index contributed by atoms with van der Waals surface area (Å²) in [6.45, 7) is 7.05. The molecule has 0 radical (unpaired) electrons. The van der Waals surface area contributed by atoms with Crippen molar-refractivity contribution in [3.05, 3.63) is 80.0 Å². The van der Waals surface area contributed by atoms with E-state index in [0.29, 0.717) is 39.4 Å². The average molecular weight is 648 g/mol. The highest BCUT2D eigenvalue weighted by Gasteiger charge is 2.32. The van der Waals surface area contributed by atoms with E-state index in [0.717, 1.165) is 0 Å². The van der Waals surface area contributed by atoms with Gasteiger partial charge in [0.15, 0.2) is 17.7 Å². The Kier molecular flexibility index (Phi) is 11.3. The molecule has 0 fully saturated rings. The summed E-state index contributed by atoms with van der Waals surface area (Å²) < 4.78 is 22.0. The first-order chi connectivity index (χ1) is 20.1. The quantitative estimate of drug-likeness (QED) is 0.0591. The largest absolute Gasteiger partial charge is 0.490 e. The van der Waals surface area contributed by atoms with E-state index < -0.39 is 29.2 Å². The third-order valence-electron chi connectivity index (χ3n) is 5.70. The topological polar surface area (TPSA) is 183 Å². The maximum Gasteiger partial charge on any atom is 0.337 e. The lowest BCUT2D eigenvalue weighted by Crippen LogP contribution is -2.45. The molecule has 0 aliphatic carbocycles. The molecule has 0 bridgehead atoms. The number of halogens is 1. The van der Waals surface area contributed by atoms with Crippen LogP contribution in [0.15, 0.2) is 63.8 Å². The summed E-state index contributed by atoms with van der Waals surface area (Å²) in [7, 11) is 1.25. The lowest BCUT2D eigenvalue weighted by molar-refractivity contribution is -0.385. The number of carbonyl (C=O) groups is 2. The van der Waals surface area contributed by atoms with Gasteiger partial charge in [0.1, 0.15) is 13.2 Å². The van der Waals surface area contributed by atoms with Gasteiger partial charge in [-0.15, -0.1) is 0 Å². The van der Waals surface area contributed by atoms with Crippen LogP contribution in [0.3, 0.4) is 0 Å². The SMILES string of the molecule is C=CCOc1c(Br)cc(/C=N/N[C@@H](O)COc2ccc([C@@H]3NC(=O)NC(C)=C3C(=O)OC)cc2OCC)cc1[N+](=O)[O-]. The van der Waals surface area contributed by atoms with Crippen molar-refractivity contribution in [1.29, 1.82) is 0 Å². The Morgan fingerprint density at radius 3 is 2.71 bits per heavy atom. The lowest BCUT2D eigenvalue weighted by atomic mass is 9.95. The van der Waals surface area contributed by atoms with Crippen LogP contribution in [0.4, 0.5) is 10.5 Å². The molecule has 2 aromatic rings. The standard InChI is InChI=1S/C27H30BrN5O9/c1-5-9-41-25-18(28)10-16(11-19(25)33(37)38)13-29-32-22(34)14-42-20-8-7-17(12-21(20)40-6-2)24-23(26(35)39-4)15(3)30-27(36)31-24/h5,7-8,10-13,22,24,32,34H,1,6,9,14H2,2-4H3,(H2,30,31,36)/b29-13+/t22-,24-/m0/s1. The number of nitro benzene ring substituents is 1. The van der Waals surface area contributed by atoms with Gasteiger partial charge < -0.3 is 34.7 Å². The monoisotopic (exact) mass is 647 g/mol. The number of benzene rings is 2. The molecule has 0 saturated carbocycles. The van der Waals surface area contributed by atoms with Crippen LogP contribution in [0.5, 0.6) is 17.2 Å². The smallest absolute Gasteiger partial charge is 0.337 e. The summed E-state index contributed by atoms with van der Waals surface area (Å²) in [5, 5.41) is 31.0. The number of allylic oxidation sites excluding steroid dienone is 1. The third kappa shape index (κ3) is 7.98. The van der Waals surface area contributed by atoms with Crippen LogP contribution in [-0.4, -0.2) is 61.4 Å². The maximum absolute atomic E-state index is 12.4. The van der Waals surface area contributed by atoms with E-state index in [4.69, 9.17) is 18.9 Å². The summed E-state index contributed by atoms with van der Waals surface area (Å²) in [6.07, 6.45) is 1.50. The maximum atomic E-state index is 12.4. The predicted octanol–water partition coefficient (Wildman–Crippen LogP) is 3.44. The van der Waals surface area contributed by atoms with Gasteiger partial charge in [-0.25, -0.2) is 9.59 Å². The summed E-state index contributed by atoms with van der Waals surface area (Å²) in [5.41, 5.74) is 3.74. The molecule has 0 saturated heterocycles. The van der Waals surface area contributed by atoms with Gasteiger partial charge in [0.25, 0.3) is 0 Å². The molecule has 0 aromatic heterocycles. The zero-order valence-corrected chi connectivity index (χ0v) is 24.6. The molecule has 2 amide bonds. The molecular weight excluding hydrogens is 618 g/mol. The molecule has 1 aliphatic rings. The molecule has 1 aliphatic heterocycles. The summed E-state index contributed by atoms with van der Waals surface area (Å²) in [6, 6.07) is 6.44. The second-order valence-corrected chi connectivity index (χ2v) is 9.48. The number of aliphatic hydroxyl groups is 1. The number of nitrogens with zero attached hydrogens (tertiary/aromatic N) is 2. The van der Waals surface area contributed by atoms with Gasteiger partial charge in [-0.2, -0.15) is 5.10 Å². The highest BCUT2D eigenvalue weighted by atomic mass is 79.9. The number of hydrogen-bond donors (Lipinski definition) is 4. The van der Waals surface area contributed by atoms with Crippen molar-refractivity contribution in [2.24, 2.45) is 5.10 Å². The number of nitro groups is 1. The molecular formula is C27H30BrN5O9. The Morgan fingerprint density at radius 1 is 1.29 bits per heavy atom. The molecule has 2 atom stereocenters. The van der Waals surface area contributed by atoms with E-state index in [1.165, 1.54) is 25.5 Å². The second kappa shape index (κ2) is 14.8. The summed E-state index contributed by atoms with van der Waals surface area (Å²) in [5.74, 6) is 0.0682. The van der Waals surface area contributed by atoms with E-state index in [9.17, 15) is 24.8 Å². The Labute approximate surface area is 249 Å². The number of carbonyl (C=O) groups excluding carboxylic acids is 2. The minimum absolute atomic E-state index is 0.0600. The number of ether oxygens (including phenoxy) is 4. The number of urea groups is 1. The number of amides is 2. The van der Waals surface area contributed by atoms with Crippen LogP contribution in [0.2, 0.25) is 0 Å². The minimum atomic E-state index is -1.26. The highest BCUT2D eigenvalue weighted by Crippen LogP contribution is 2.37. The minimum Gasteiger partial charge on any atom is -0.490 e. The van der Waals surface area contributed by atoms with Crippen LogP contribution in [-0.2, 0) is 9.53 Å². The number of hydrogen-bond acceptors (Lipinski definition) is 11. The van der Waals surface area contributed by atoms with Gasteiger partial charge >= 0.3 is 17.7 Å². The van der Waals surface area contributed by atoms with Gasteiger partial charge in [-0.3, -0.25) is 15.5 Å². The van der Waals surface area contributed by atoms with Crippen molar-refractivity contribution in [1.82, 2.24) is 16.1 Å². The van der Waals surface area contributed by atoms with Crippen molar-refractivity contribution >= 4 is 39.8 Å². The Bertz CT molecular complexity index is 1410. The van der Waals surface area contributed by atoms with Crippen LogP contribution >= 0.6 is 15.9 Å². The Morgan fingerprint density at radius 2 is 2.05 bits per heavy atom. The van der Waals surface area contributed by atoms with E-state index in [-0.39, 0.29) is 30.2 Å². The number of rotatable bonds is 14. The fourth-order valence-corrected chi connectivity index (χ4v) is 4.50. The van der Waals surface area contributed by atoms with Gasteiger partial charge in [-0.1, -0.05) is 18.7 Å². The molecule has 0 spiro atoms. The van der Waals surface area contributed by atoms with Crippen molar-refractivity contribution in [2.75, 3.05) is 26.9 Å². The van der Waals surface area contributed by atoms with Crippen molar-refractivity contribution < 1.29 is 38.6 Å². The number of hydrazone groups is 1. The normalized spacial score (nSPS) is 15.4. The summed E-state index contributed by atoms with van der Waals surface area (Å²) in [4.78, 5) is 35.4. The van der Waals surface area contributed by atoms with Gasteiger partial charge in [-0.05, 0) is 53.5 Å². The Hall–Kier alpha value is -4.63. The Balaban J connectivity index is 1.70. The van der Waals surface area contributed by atoms with Gasteiger partial charge in [0.05, 0.1) is 40.9 Å². The fourth-order valence-electron chi connectivity index (χ4n) is 3.91. The molecule has 14 nitrogen and oxygen atoms in total. The number of esters is 1. The molecule has 0 unspecified atom stereocenters. The lowest BCUT2D eigenvalue weighted by Gasteiger charge is -2.28. The van der Waals surface area contributed by atoms with Gasteiger partial charge in [0, 0.05) is 17.3 Å². The number of aliphatic hydroxyl groups excluding tert-OH is 1.